The zero-order chi connectivity index (χ0) is 14.1. The van der Waals surface area contributed by atoms with Crippen LogP contribution >= 0.6 is 15.9 Å². The van der Waals surface area contributed by atoms with Crippen molar-refractivity contribution in [1.82, 2.24) is 0 Å². The third-order valence-corrected chi connectivity index (χ3v) is 5.05. The highest BCUT2D eigenvalue weighted by Gasteiger charge is 2.30. The Kier molecular flexibility index (Phi) is 3.84. The van der Waals surface area contributed by atoms with E-state index in [1.54, 1.807) is 0 Å². The highest BCUT2D eigenvalue weighted by Crippen LogP contribution is 2.39. The minimum Gasteiger partial charge on any atom is -0.382 e. The number of anilines is 1. The molecule has 0 amide bonds. The van der Waals surface area contributed by atoms with Gasteiger partial charge in [0.1, 0.15) is 0 Å². The van der Waals surface area contributed by atoms with E-state index >= 15 is 0 Å². The number of aryl methyl sites for hydroxylation is 2. The summed E-state index contributed by atoms with van der Waals surface area (Å²) in [6.45, 7) is 4.28. The molecule has 0 unspecified atom stereocenters. The molecule has 1 aliphatic carbocycles. The number of hydrogen-bond acceptors (Lipinski definition) is 1. The lowest BCUT2D eigenvalue weighted by atomic mass is 9.75. The van der Waals surface area contributed by atoms with E-state index in [0.717, 1.165) is 5.92 Å². The number of rotatable bonds is 3. The molecule has 1 nitrogen and oxygen atoms in total. The first-order chi connectivity index (χ1) is 9.61. The molecule has 0 aliphatic heterocycles. The van der Waals surface area contributed by atoms with Crippen LogP contribution in [0.5, 0.6) is 0 Å². The van der Waals surface area contributed by atoms with E-state index in [0.29, 0.717) is 6.04 Å². The Morgan fingerprint density at radius 1 is 1.05 bits per heavy atom. The Morgan fingerprint density at radius 2 is 1.85 bits per heavy atom. The molecular weight excluding hydrogens is 310 g/mol. The van der Waals surface area contributed by atoms with Crippen LogP contribution in [0.4, 0.5) is 5.69 Å². The third kappa shape index (κ3) is 2.90. The van der Waals surface area contributed by atoms with Crippen molar-refractivity contribution in [1.29, 1.82) is 0 Å². The lowest BCUT2D eigenvalue weighted by Crippen LogP contribution is -2.34. The first-order valence-corrected chi connectivity index (χ1v) is 8.00. The zero-order valence-electron chi connectivity index (χ0n) is 12.0. The van der Waals surface area contributed by atoms with Crippen LogP contribution in [-0.4, -0.2) is 6.04 Å². The molecular formula is C18H20BrN. The summed E-state index contributed by atoms with van der Waals surface area (Å²) in [6, 6.07) is 16.0. The van der Waals surface area contributed by atoms with Gasteiger partial charge in [0.25, 0.3) is 0 Å². The van der Waals surface area contributed by atoms with E-state index in [1.807, 2.05) is 0 Å². The molecule has 1 aliphatic rings. The largest absolute Gasteiger partial charge is 0.382 e. The Balaban J connectivity index is 1.59. The molecule has 2 aromatic carbocycles. The van der Waals surface area contributed by atoms with Crippen molar-refractivity contribution in [3.63, 3.8) is 0 Å². The lowest BCUT2D eigenvalue weighted by Gasteiger charge is -2.37. The topological polar surface area (TPSA) is 12.0 Å². The molecule has 0 spiro atoms. The number of benzene rings is 2. The van der Waals surface area contributed by atoms with Gasteiger partial charge in [0.05, 0.1) is 0 Å². The van der Waals surface area contributed by atoms with Gasteiger partial charge in [0, 0.05) is 16.2 Å². The molecule has 1 fully saturated rings. The van der Waals surface area contributed by atoms with Crippen molar-refractivity contribution in [2.75, 3.05) is 5.32 Å². The predicted molar refractivity (Wildman–Crippen MR) is 89.4 cm³/mol. The van der Waals surface area contributed by atoms with Gasteiger partial charge in [0.2, 0.25) is 0 Å². The Labute approximate surface area is 129 Å². The second-order valence-electron chi connectivity index (χ2n) is 5.89. The first-order valence-electron chi connectivity index (χ1n) is 7.21. The van der Waals surface area contributed by atoms with Crippen molar-refractivity contribution < 1.29 is 0 Å². The van der Waals surface area contributed by atoms with Gasteiger partial charge in [-0.15, -0.1) is 0 Å². The van der Waals surface area contributed by atoms with Gasteiger partial charge in [-0.3, -0.25) is 0 Å². The third-order valence-electron chi connectivity index (χ3n) is 4.19. The molecule has 1 saturated carbocycles. The van der Waals surface area contributed by atoms with Crippen LogP contribution in [0.1, 0.15) is 35.4 Å². The van der Waals surface area contributed by atoms with Crippen LogP contribution in [0.25, 0.3) is 0 Å². The molecule has 0 radical (unpaired) electrons. The molecule has 0 heterocycles. The quantitative estimate of drug-likeness (QED) is 0.792. The molecule has 104 valence electrons. The normalized spacial score (nSPS) is 21.4. The maximum Gasteiger partial charge on any atom is 0.0353 e. The van der Waals surface area contributed by atoms with E-state index in [4.69, 9.17) is 0 Å². The summed E-state index contributed by atoms with van der Waals surface area (Å²) in [5.74, 6) is 0.723. The summed E-state index contributed by atoms with van der Waals surface area (Å²) in [4.78, 5) is 0. The maximum atomic E-state index is 3.63. The summed E-state index contributed by atoms with van der Waals surface area (Å²) in [7, 11) is 0. The fraction of sp³-hybridized carbons (Fsp3) is 0.333. The molecule has 2 aromatic rings. The highest BCUT2D eigenvalue weighted by atomic mass is 79.9. The average molecular weight is 330 g/mol. The fourth-order valence-electron chi connectivity index (χ4n) is 2.85. The van der Waals surface area contributed by atoms with Crippen LogP contribution in [0.15, 0.2) is 46.9 Å². The summed E-state index contributed by atoms with van der Waals surface area (Å²) >= 11 is 3.59. The smallest absolute Gasteiger partial charge is 0.0353 e. The second kappa shape index (κ2) is 5.61. The van der Waals surface area contributed by atoms with Crippen LogP contribution < -0.4 is 5.32 Å². The molecule has 20 heavy (non-hydrogen) atoms. The fourth-order valence-corrected chi connectivity index (χ4v) is 3.23. The molecule has 2 heteroatoms. The number of halogens is 1. The molecule has 0 saturated heterocycles. The Hall–Kier alpha value is -1.28. The summed E-state index contributed by atoms with van der Waals surface area (Å²) in [5.41, 5.74) is 5.35. The monoisotopic (exact) mass is 329 g/mol. The Morgan fingerprint density at radius 3 is 2.55 bits per heavy atom. The highest BCUT2D eigenvalue weighted by molar-refractivity contribution is 9.10. The number of nitrogens with one attached hydrogen (secondary N) is 1. The first kappa shape index (κ1) is 13.7. The van der Waals surface area contributed by atoms with Crippen LogP contribution in [0, 0.1) is 13.8 Å². The van der Waals surface area contributed by atoms with Gasteiger partial charge < -0.3 is 5.32 Å². The van der Waals surface area contributed by atoms with Gasteiger partial charge in [-0.2, -0.15) is 0 Å². The van der Waals surface area contributed by atoms with Crippen LogP contribution in [0.3, 0.4) is 0 Å². The predicted octanol–water partition coefficient (Wildman–Crippen LogP) is 5.42. The lowest BCUT2D eigenvalue weighted by molar-refractivity contribution is 0.374. The van der Waals surface area contributed by atoms with Gasteiger partial charge in [-0.05, 0) is 55.9 Å². The van der Waals surface area contributed by atoms with Crippen molar-refractivity contribution in [3.8, 4) is 0 Å². The van der Waals surface area contributed by atoms with E-state index in [1.165, 1.54) is 39.7 Å². The van der Waals surface area contributed by atoms with Crippen molar-refractivity contribution >= 4 is 21.6 Å². The van der Waals surface area contributed by atoms with Gasteiger partial charge in [-0.1, -0.05) is 51.8 Å². The van der Waals surface area contributed by atoms with Crippen LogP contribution in [0.2, 0.25) is 0 Å². The minimum absolute atomic E-state index is 0.607. The molecule has 0 bridgehead atoms. The SMILES string of the molecule is Cc1cccc(C2CC(Nc3ccc(C)c(Br)c3)C2)c1. The van der Waals surface area contributed by atoms with E-state index in [2.05, 4.69) is 77.6 Å². The Bertz CT molecular complexity index is 615. The maximum absolute atomic E-state index is 3.63. The molecule has 1 N–H and O–H groups in total. The molecule has 3 rings (SSSR count). The van der Waals surface area contributed by atoms with Gasteiger partial charge in [-0.25, -0.2) is 0 Å². The van der Waals surface area contributed by atoms with Crippen molar-refractivity contribution in [2.45, 2.75) is 38.6 Å². The second-order valence-corrected chi connectivity index (χ2v) is 6.74. The van der Waals surface area contributed by atoms with Crippen molar-refractivity contribution in [2.24, 2.45) is 0 Å². The van der Waals surface area contributed by atoms with Crippen molar-refractivity contribution in [3.05, 3.63) is 63.6 Å². The summed E-state index contributed by atoms with van der Waals surface area (Å²) in [6.07, 6.45) is 2.46. The van der Waals surface area contributed by atoms with E-state index in [9.17, 15) is 0 Å². The van der Waals surface area contributed by atoms with Gasteiger partial charge >= 0.3 is 0 Å². The molecule has 0 aromatic heterocycles. The molecule has 0 atom stereocenters. The number of hydrogen-bond donors (Lipinski definition) is 1. The van der Waals surface area contributed by atoms with Gasteiger partial charge in [0.15, 0.2) is 0 Å². The zero-order valence-corrected chi connectivity index (χ0v) is 13.6. The van der Waals surface area contributed by atoms with E-state index in [-0.39, 0.29) is 0 Å². The van der Waals surface area contributed by atoms with Crippen LogP contribution in [-0.2, 0) is 0 Å². The van der Waals surface area contributed by atoms with E-state index < -0.39 is 0 Å². The average Bonchev–Trinajstić information content (AvgIpc) is 2.37. The minimum atomic E-state index is 0.607. The summed E-state index contributed by atoms with van der Waals surface area (Å²) < 4.78 is 1.18. The standard InChI is InChI=1S/C18H20BrN/c1-12-4-3-5-14(8-12)15-9-17(10-15)20-16-7-6-13(2)18(19)11-16/h3-8,11,15,17,20H,9-10H2,1-2H3. The summed E-state index contributed by atoms with van der Waals surface area (Å²) in [5, 5.41) is 3.63.